The van der Waals surface area contributed by atoms with Gasteiger partial charge in [-0.05, 0) is 55.0 Å². The lowest BCUT2D eigenvalue weighted by atomic mass is 10.1. The van der Waals surface area contributed by atoms with Gasteiger partial charge in [0.2, 0.25) is 0 Å². The second-order valence-electron chi connectivity index (χ2n) is 7.04. The number of hydrogen-bond acceptors (Lipinski definition) is 4. The molecule has 0 radical (unpaired) electrons. The van der Waals surface area contributed by atoms with E-state index in [1.54, 1.807) is 36.4 Å². The van der Waals surface area contributed by atoms with Crippen LogP contribution in [0.2, 0.25) is 0 Å². The second-order valence-corrected chi connectivity index (χ2v) is 8.36. The summed E-state index contributed by atoms with van der Waals surface area (Å²) in [6.07, 6.45) is 0.717. The molecule has 0 fully saturated rings. The van der Waals surface area contributed by atoms with Crippen LogP contribution in [0.5, 0.6) is 5.75 Å². The molecule has 3 N–H and O–H groups in total. The first kappa shape index (κ1) is 24.4. The second kappa shape index (κ2) is 12.1. The van der Waals surface area contributed by atoms with Crippen LogP contribution < -0.4 is 20.7 Å². The zero-order chi connectivity index (χ0) is 23.6. The average Bonchev–Trinajstić information content (AvgIpc) is 2.81. The van der Waals surface area contributed by atoms with Crippen molar-refractivity contribution < 1.29 is 14.3 Å². The highest BCUT2D eigenvalue weighted by Gasteiger charge is 2.16. The first-order valence-corrected chi connectivity index (χ1v) is 11.6. The number of thiocarbonyl (C=S) groups is 1. The number of hydrogen-bond donors (Lipinski definition) is 3. The van der Waals surface area contributed by atoms with E-state index in [4.69, 9.17) is 17.0 Å². The third-order valence-corrected chi connectivity index (χ3v) is 5.36. The fraction of sp³-hybridized carbons (Fsp3) is 0.160. The molecule has 33 heavy (non-hydrogen) atoms. The number of nitrogens with one attached hydrogen (secondary N) is 3. The first-order valence-electron chi connectivity index (χ1n) is 10.4. The lowest BCUT2D eigenvalue weighted by Crippen LogP contribution is -2.35. The molecular weight excluding hydrogens is 502 g/mol. The van der Waals surface area contributed by atoms with E-state index in [0.29, 0.717) is 42.1 Å². The predicted molar refractivity (Wildman–Crippen MR) is 138 cm³/mol. The van der Waals surface area contributed by atoms with Crippen LogP contribution in [0, 0.1) is 0 Å². The van der Waals surface area contributed by atoms with E-state index in [9.17, 15) is 9.59 Å². The Bertz CT molecular complexity index is 1140. The van der Waals surface area contributed by atoms with Crippen LogP contribution in [0.15, 0.2) is 77.3 Å². The third kappa shape index (κ3) is 7.13. The number of rotatable bonds is 8. The SMILES string of the molecule is CCNC(=O)c1ccccc1NC(=S)NC(=O)c1cc(Br)ccc1OCCc1ccccc1. The highest BCUT2D eigenvalue weighted by atomic mass is 79.9. The fourth-order valence-corrected chi connectivity index (χ4v) is 3.66. The maximum absolute atomic E-state index is 13.0. The third-order valence-electron chi connectivity index (χ3n) is 4.66. The zero-order valence-corrected chi connectivity index (χ0v) is 20.5. The van der Waals surface area contributed by atoms with Crippen LogP contribution in [-0.4, -0.2) is 30.1 Å². The first-order chi connectivity index (χ1) is 16.0. The average molecular weight is 526 g/mol. The Kier molecular flexibility index (Phi) is 8.97. The van der Waals surface area contributed by atoms with Gasteiger partial charge in [0.15, 0.2) is 5.11 Å². The fourth-order valence-electron chi connectivity index (χ4n) is 3.10. The zero-order valence-electron chi connectivity index (χ0n) is 18.1. The van der Waals surface area contributed by atoms with Crippen LogP contribution in [0.1, 0.15) is 33.2 Å². The standard InChI is InChI=1S/C25H24BrN3O3S/c1-2-27-23(30)19-10-6-7-11-21(19)28-25(33)29-24(31)20-16-18(26)12-13-22(20)32-15-14-17-8-4-3-5-9-17/h3-13,16H,2,14-15H2,1H3,(H,27,30)(H2,28,29,31,33). The van der Waals surface area contributed by atoms with E-state index >= 15 is 0 Å². The van der Waals surface area contributed by atoms with Crippen molar-refractivity contribution in [2.75, 3.05) is 18.5 Å². The molecule has 0 aliphatic rings. The largest absolute Gasteiger partial charge is 0.492 e. The quantitative estimate of drug-likeness (QED) is 0.362. The van der Waals surface area contributed by atoms with Crippen molar-refractivity contribution in [2.24, 2.45) is 0 Å². The van der Waals surface area contributed by atoms with Crippen LogP contribution >= 0.6 is 28.1 Å². The molecule has 3 aromatic carbocycles. The molecule has 0 aromatic heterocycles. The minimum Gasteiger partial charge on any atom is -0.492 e. The molecule has 6 nitrogen and oxygen atoms in total. The molecule has 0 saturated heterocycles. The van der Waals surface area contributed by atoms with E-state index in [1.165, 1.54) is 0 Å². The Balaban J connectivity index is 1.67. The highest BCUT2D eigenvalue weighted by Crippen LogP contribution is 2.24. The molecule has 3 rings (SSSR count). The maximum atomic E-state index is 13.0. The normalized spacial score (nSPS) is 10.2. The predicted octanol–water partition coefficient (Wildman–Crippen LogP) is 4.95. The molecule has 0 aliphatic heterocycles. The van der Waals surface area contributed by atoms with Crippen molar-refractivity contribution in [3.63, 3.8) is 0 Å². The number of ether oxygens (including phenoxy) is 1. The van der Waals surface area contributed by atoms with Crippen LogP contribution in [0.25, 0.3) is 0 Å². The molecular formula is C25H24BrN3O3S. The van der Waals surface area contributed by atoms with Crippen molar-refractivity contribution in [1.82, 2.24) is 10.6 Å². The summed E-state index contributed by atoms with van der Waals surface area (Å²) in [6.45, 7) is 2.77. The van der Waals surface area contributed by atoms with Crippen molar-refractivity contribution in [3.8, 4) is 5.75 Å². The van der Waals surface area contributed by atoms with Crippen LogP contribution in [0.3, 0.4) is 0 Å². The molecule has 0 unspecified atom stereocenters. The minimum absolute atomic E-state index is 0.0759. The van der Waals surface area contributed by atoms with Gasteiger partial charge in [-0.1, -0.05) is 58.4 Å². The summed E-state index contributed by atoms with van der Waals surface area (Å²) in [4.78, 5) is 25.2. The summed E-state index contributed by atoms with van der Waals surface area (Å²) in [6, 6.07) is 22.2. The highest BCUT2D eigenvalue weighted by molar-refractivity contribution is 9.10. The number of para-hydroxylation sites is 1. The van der Waals surface area contributed by atoms with E-state index < -0.39 is 5.91 Å². The van der Waals surface area contributed by atoms with Gasteiger partial charge in [0.05, 0.1) is 23.4 Å². The number of amides is 2. The molecule has 170 valence electrons. The van der Waals surface area contributed by atoms with Gasteiger partial charge < -0.3 is 15.4 Å². The van der Waals surface area contributed by atoms with Crippen LogP contribution in [-0.2, 0) is 6.42 Å². The van der Waals surface area contributed by atoms with Crippen molar-refractivity contribution in [1.29, 1.82) is 0 Å². The number of halogens is 1. The summed E-state index contributed by atoms with van der Waals surface area (Å²) < 4.78 is 6.64. The maximum Gasteiger partial charge on any atom is 0.261 e. The van der Waals surface area contributed by atoms with Gasteiger partial charge in [-0.3, -0.25) is 14.9 Å². The number of anilines is 1. The molecule has 0 spiro atoms. The molecule has 0 saturated carbocycles. The van der Waals surface area contributed by atoms with Gasteiger partial charge >= 0.3 is 0 Å². The minimum atomic E-state index is -0.418. The summed E-state index contributed by atoms with van der Waals surface area (Å²) in [5.74, 6) is -0.188. The van der Waals surface area contributed by atoms with Crippen LogP contribution in [0.4, 0.5) is 5.69 Å². The molecule has 8 heteroatoms. The molecule has 3 aromatic rings. The van der Waals surface area contributed by atoms with Crippen molar-refractivity contribution in [2.45, 2.75) is 13.3 Å². The van der Waals surface area contributed by atoms with Crippen molar-refractivity contribution >= 4 is 50.8 Å². The van der Waals surface area contributed by atoms with Gasteiger partial charge in [-0.25, -0.2) is 0 Å². The van der Waals surface area contributed by atoms with Gasteiger partial charge in [-0.15, -0.1) is 0 Å². The molecule has 0 bridgehead atoms. The summed E-state index contributed by atoms with van der Waals surface area (Å²) >= 11 is 8.72. The van der Waals surface area contributed by atoms with Gasteiger partial charge in [0, 0.05) is 17.4 Å². The number of carbonyl (C=O) groups excluding carboxylic acids is 2. The van der Waals surface area contributed by atoms with Gasteiger partial charge in [0.25, 0.3) is 11.8 Å². The Hall–Kier alpha value is -3.23. The van der Waals surface area contributed by atoms with E-state index in [0.717, 1.165) is 10.0 Å². The monoisotopic (exact) mass is 525 g/mol. The topological polar surface area (TPSA) is 79.5 Å². The Morgan fingerprint density at radius 3 is 2.42 bits per heavy atom. The van der Waals surface area contributed by atoms with E-state index in [1.807, 2.05) is 43.3 Å². The Labute approximate surface area is 206 Å². The van der Waals surface area contributed by atoms with E-state index in [-0.39, 0.29) is 11.0 Å². The summed E-state index contributed by atoms with van der Waals surface area (Å²) in [7, 11) is 0. The lowest BCUT2D eigenvalue weighted by Gasteiger charge is -2.15. The van der Waals surface area contributed by atoms with Gasteiger partial charge in [-0.2, -0.15) is 0 Å². The van der Waals surface area contributed by atoms with Crippen molar-refractivity contribution in [3.05, 3.63) is 94.0 Å². The number of carbonyl (C=O) groups is 2. The van der Waals surface area contributed by atoms with E-state index in [2.05, 4.69) is 31.9 Å². The Morgan fingerprint density at radius 1 is 0.939 bits per heavy atom. The Morgan fingerprint density at radius 2 is 1.67 bits per heavy atom. The molecule has 2 amide bonds. The number of benzene rings is 3. The molecule has 0 atom stereocenters. The summed E-state index contributed by atoms with van der Waals surface area (Å²) in [5.41, 5.74) is 2.43. The lowest BCUT2D eigenvalue weighted by molar-refractivity contribution is 0.0954. The molecule has 0 heterocycles. The summed E-state index contributed by atoms with van der Waals surface area (Å²) in [5, 5.41) is 8.43. The smallest absolute Gasteiger partial charge is 0.261 e. The van der Waals surface area contributed by atoms with Gasteiger partial charge in [0.1, 0.15) is 5.75 Å². The molecule has 0 aliphatic carbocycles.